The summed E-state index contributed by atoms with van der Waals surface area (Å²) in [6.07, 6.45) is 3.72. The van der Waals surface area contributed by atoms with Crippen molar-refractivity contribution >= 4 is 17.9 Å². The second-order valence-corrected chi connectivity index (χ2v) is 7.06. The molecule has 1 unspecified atom stereocenters. The molecule has 1 aromatic heterocycles. The first-order valence-electron chi connectivity index (χ1n) is 9.78. The molecule has 0 saturated carbocycles. The van der Waals surface area contributed by atoms with Gasteiger partial charge in [0.1, 0.15) is 24.1 Å². The van der Waals surface area contributed by atoms with Crippen LogP contribution in [0.25, 0.3) is 0 Å². The topological polar surface area (TPSA) is 143 Å². The van der Waals surface area contributed by atoms with E-state index in [9.17, 15) is 10.1 Å². The number of nitrogens with zero attached hydrogens (tertiary/aromatic N) is 5. The van der Waals surface area contributed by atoms with Crippen molar-refractivity contribution in [3.05, 3.63) is 47.7 Å². The maximum Gasteiger partial charge on any atom is 0.258 e. The first-order valence-corrected chi connectivity index (χ1v) is 9.78. The molecule has 10 nitrogen and oxygen atoms in total. The maximum absolute atomic E-state index is 13.4. The molecule has 1 aliphatic rings. The van der Waals surface area contributed by atoms with Gasteiger partial charge in [0.2, 0.25) is 0 Å². The highest BCUT2D eigenvalue weighted by molar-refractivity contribution is 6.00. The van der Waals surface area contributed by atoms with Gasteiger partial charge in [-0.1, -0.05) is 12.1 Å². The van der Waals surface area contributed by atoms with Gasteiger partial charge < -0.3 is 20.1 Å². The average Bonchev–Trinajstić information content (AvgIpc) is 2.79. The normalized spacial score (nSPS) is 18.5. The second-order valence-electron chi connectivity index (χ2n) is 7.06. The van der Waals surface area contributed by atoms with Crippen molar-refractivity contribution < 1.29 is 14.3 Å². The molecule has 2 aromatic rings. The zero-order valence-electron chi connectivity index (χ0n) is 17.4. The fraction of sp³-hybridized carbons (Fsp3) is 0.333. The van der Waals surface area contributed by atoms with Crippen LogP contribution in [0.3, 0.4) is 0 Å². The van der Waals surface area contributed by atoms with Crippen molar-refractivity contribution in [3.63, 3.8) is 0 Å². The van der Waals surface area contributed by atoms with Gasteiger partial charge >= 0.3 is 0 Å². The molecule has 1 amide bonds. The lowest BCUT2D eigenvalue weighted by molar-refractivity contribution is 0.0366. The van der Waals surface area contributed by atoms with Crippen LogP contribution in [0, 0.1) is 11.3 Å². The molecule has 2 heterocycles. The van der Waals surface area contributed by atoms with Crippen LogP contribution in [0.1, 0.15) is 35.7 Å². The molecular weight excluding hydrogens is 398 g/mol. The number of anilines is 1. The first kappa shape index (κ1) is 21.9. The number of amides is 1. The Morgan fingerprint density at radius 2 is 2.16 bits per heavy atom. The van der Waals surface area contributed by atoms with Crippen LogP contribution in [-0.2, 0) is 0 Å². The molecule has 10 heteroatoms. The van der Waals surface area contributed by atoms with E-state index in [1.807, 2.05) is 6.92 Å². The van der Waals surface area contributed by atoms with Gasteiger partial charge in [0, 0.05) is 12.2 Å². The summed E-state index contributed by atoms with van der Waals surface area (Å²) >= 11 is 0. The number of hydrazone groups is 1. The Labute approximate surface area is 180 Å². The van der Waals surface area contributed by atoms with Crippen molar-refractivity contribution in [2.75, 3.05) is 18.8 Å². The number of hydrogen-bond donors (Lipinski definition) is 2. The molecule has 1 fully saturated rings. The molecule has 1 aliphatic heterocycles. The van der Waals surface area contributed by atoms with Crippen molar-refractivity contribution in [1.29, 1.82) is 5.26 Å². The summed E-state index contributed by atoms with van der Waals surface area (Å²) in [6, 6.07) is 10.6. The van der Waals surface area contributed by atoms with Gasteiger partial charge in [0.15, 0.2) is 5.75 Å². The Hall–Kier alpha value is -3.84. The van der Waals surface area contributed by atoms with Crippen molar-refractivity contribution in [2.45, 2.75) is 31.9 Å². The number of pyridine rings is 1. The highest BCUT2D eigenvalue weighted by Gasteiger charge is 2.33. The van der Waals surface area contributed by atoms with Crippen LogP contribution in [0.4, 0.5) is 5.69 Å². The van der Waals surface area contributed by atoms with Crippen molar-refractivity contribution in [3.8, 4) is 17.7 Å². The number of hydrazine groups is 1. The van der Waals surface area contributed by atoms with E-state index in [0.717, 1.165) is 24.3 Å². The van der Waals surface area contributed by atoms with E-state index in [2.05, 4.69) is 16.2 Å². The standard InChI is InChI=1S/C21H25N7O3/c1-14-7-8-16(31-20-19(30-2)15(11-22)9-10-25-20)12-27(14)21(29)17-5-3-4-6-18(17)28(24)26-13-23/h3-6,9-10,13-14,16H,7-8,12,24H2,1-2H3,(H2,23,26)/t14-,16?/m1/s1. The number of rotatable bonds is 6. The summed E-state index contributed by atoms with van der Waals surface area (Å²) in [4.78, 5) is 19.3. The minimum atomic E-state index is -0.307. The lowest BCUT2D eigenvalue weighted by atomic mass is 9.99. The van der Waals surface area contributed by atoms with Gasteiger partial charge in [-0.3, -0.25) is 4.79 Å². The summed E-state index contributed by atoms with van der Waals surface area (Å²) in [6.45, 7) is 2.34. The summed E-state index contributed by atoms with van der Waals surface area (Å²) < 4.78 is 11.3. The van der Waals surface area contributed by atoms with Crippen LogP contribution in [0.2, 0.25) is 0 Å². The molecule has 0 aliphatic carbocycles. The number of carbonyl (C=O) groups excluding carboxylic acids is 1. The minimum absolute atomic E-state index is 0.00457. The van der Waals surface area contributed by atoms with Gasteiger partial charge in [-0.15, -0.1) is 5.10 Å². The van der Waals surface area contributed by atoms with Gasteiger partial charge in [-0.05, 0) is 38.0 Å². The van der Waals surface area contributed by atoms with Gasteiger partial charge in [0.25, 0.3) is 11.8 Å². The maximum atomic E-state index is 13.4. The third-order valence-corrected chi connectivity index (χ3v) is 5.15. The SMILES string of the molecule is COc1c(C#N)ccnc1OC1CC[C@@H](C)N(C(=O)c2ccccc2N(N)/N=C\N)C1. The first-order chi connectivity index (χ1) is 15.0. The van der Waals surface area contributed by atoms with E-state index >= 15 is 0 Å². The molecule has 2 atom stereocenters. The third-order valence-electron chi connectivity index (χ3n) is 5.15. The molecule has 162 valence electrons. The summed E-state index contributed by atoms with van der Waals surface area (Å²) in [5, 5.41) is 14.2. The van der Waals surface area contributed by atoms with E-state index in [4.69, 9.17) is 21.1 Å². The highest BCUT2D eigenvalue weighted by atomic mass is 16.5. The second kappa shape index (κ2) is 9.77. The largest absolute Gasteiger partial charge is 0.490 e. The molecule has 1 aromatic carbocycles. The smallest absolute Gasteiger partial charge is 0.258 e. The number of carbonyl (C=O) groups is 1. The zero-order valence-corrected chi connectivity index (χ0v) is 17.4. The van der Waals surface area contributed by atoms with Crippen molar-refractivity contribution in [2.24, 2.45) is 16.7 Å². The number of nitriles is 1. The van der Waals surface area contributed by atoms with Crippen LogP contribution in [-0.4, -0.2) is 47.9 Å². The Kier molecular flexibility index (Phi) is 6.89. The Balaban J connectivity index is 1.83. The summed E-state index contributed by atoms with van der Waals surface area (Å²) in [7, 11) is 1.46. The number of piperidine rings is 1. The number of methoxy groups -OCH3 is 1. The molecule has 0 spiro atoms. The number of likely N-dealkylation sites (tertiary alicyclic amines) is 1. The van der Waals surface area contributed by atoms with E-state index in [0.29, 0.717) is 23.4 Å². The lowest BCUT2D eigenvalue weighted by Gasteiger charge is -2.38. The Bertz CT molecular complexity index is 1000. The molecule has 4 N–H and O–H groups in total. The number of para-hydroxylation sites is 1. The summed E-state index contributed by atoms with van der Waals surface area (Å²) in [5.41, 5.74) is 6.51. The monoisotopic (exact) mass is 423 g/mol. The van der Waals surface area contributed by atoms with Crippen LogP contribution in [0.15, 0.2) is 41.6 Å². The quantitative estimate of drug-likeness (QED) is 0.309. The van der Waals surface area contributed by atoms with E-state index in [1.54, 1.807) is 35.2 Å². The molecule has 1 saturated heterocycles. The molecule has 0 radical (unpaired) electrons. The fourth-order valence-electron chi connectivity index (χ4n) is 3.55. The average molecular weight is 423 g/mol. The molecule has 0 bridgehead atoms. The van der Waals surface area contributed by atoms with Crippen LogP contribution >= 0.6 is 0 Å². The lowest BCUT2D eigenvalue weighted by Crippen LogP contribution is -2.49. The molecular formula is C21H25N7O3. The van der Waals surface area contributed by atoms with Gasteiger partial charge in [0.05, 0.1) is 24.9 Å². The Morgan fingerprint density at radius 3 is 2.87 bits per heavy atom. The van der Waals surface area contributed by atoms with Gasteiger partial charge in [-0.2, -0.15) is 10.4 Å². The van der Waals surface area contributed by atoms with Crippen LogP contribution < -0.4 is 26.2 Å². The number of hydrogen-bond acceptors (Lipinski definition) is 8. The molecule has 31 heavy (non-hydrogen) atoms. The van der Waals surface area contributed by atoms with E-state index < -0.39 is 0 Å². The van der Waals surface area contributed by atoms with E-state index in [1.165, 1.54) is 13.3 Å². The fourth-order valence-corrected chi connectivity index (χ4v) is 3.55. The number of ether oxygens (including phenoxy) is 2. The zero-order chi connectivity index (χ0) is 22.4. The minimum Gasteiger partial charge on any atom is -0.490 e. The van der Waals surface area contributed by atoms with Crippen LogP contribution in [0.5, 0.6) is 11.6 Å². The Morgan fingerprint density at radius 1 is 1.39 bits per heavy atom. The molecule has 3 rings (SSSR count). The number of aromatic nitrogens is 1. The predicted octanol–water partition coefficient (Wildman–Crippen LogP) is 1.62. The number of benzene rings is 1. The third kappa shape index (κ3) is 4.67. The van der Waals surface area contributed by atoms with E-state index in [-0.39, 0.29) is 29.7 Å². The predicted molar refractivity (Wildman–Crippen MR) is 115 cm³/mol. The number of nitrogens with two attached hydrogens (primary N) is 2. The van der Waals surface area contributed by atoms with Gasteiger partial charge in [-0.25, -0.2) is 10.8 Å². The van der Waals surface area contributed by atoms with Crippen molar-refractivity contribution in [1.82, 2.24) is 9.88 Å². The highest BCUT2D eigenvalue weighted by Crippen LogP contribution is 2.31. The summed E-state index contributed by atoms with van der Waals surface area (Å²) in [5.74, 6) is 6.24.